The van der Waals surface area contributed by atoms with Gasteiger partial charge in [-0.3, -0.25) is 9.59 Å². The lowest BCUT2D eigenvalue weighted by Crippen LogP contribution is -2.31. The number of nitrogens with zero attached hydrogens (tertiary/aromatic N) is 4. The van der Waals surface area contributed by atoms with Gasteiger partial charge < -0.3 is 20.1 Å². The third kappa shape index (κ3) is 4.92. The van der Waals surface area contributed by atoms with Crippen molar-refractivity contribution in [3.05, 3.63) is 53.5 Å². The maximum absolute atomic E-state index is 12.9. The second-order valence-corrected chi connectivity index (χ2v) is 8.40. The fraction of sp³-hybridized carbons (Fsp3) is 0.364. The first-order valence-corrected chi connectivity index (χ1v) is 10.3. The van der Waals surface area contributed by atoms with Gasteiger partial charge in [0, 0.05) is 31.0 Å². The standard InChI is InChI=1S/C22H23F2N5O4/c1-22(2,32)4-7-28-11-13-8-16(17(33-12-18(23)24)9-14(13)21(28)31)27-20(30)15-10-26-29-6-3-5-25-19(15)29/h3,5-6,8-10,18,32H,4,7,11-12H2,1-2H3,(H,27,30). The van der Waals surface area contributed by atoms with Gasteiger partial charge in [0.1, 0.15) is 17.9 Å². The average Bonchev–Trinajstić information content (AvgIpc) is 3.31. The lowest BCUT2D eigenvalue weighted by atomic mass is 10.1. The topological polar surface area (TPSA) is 109 Å². The molecule has 174 valence electrons. The van der Waals surface area contributed by atoms with E-state index in [1.165, 1.54) is 23.0 Å². The molecular weight excluding hydrogens is 436 g/mol. The Kier molecular flexibility index (Phi) is 5.98. The predicted octanol–water partition coefficient (Wildman–Crippen LogP) is 2.74. The first kappa shape index (κ1) is 22.6. The van der Waals surface area contributed by atoms with E-state index in [2.05, 4.69) is 15.4 Å². The molecule has 3 aromatic rings. The molecule has 0 atom stereocenters. The van der Waals surface area contributed by atoms with Crippen LogP contribution in [0.15, 0.2) is 36.8 Å². The lowest BCUT2D eigenvalue weighted by molar-refractivity contribution is 0.0517. The van der Waals surface area contributed by atoms with Gasteiger partial charge in [-0.25, -0.2) is 18.3 Å². The van der Waals surface area contributed by atoms with Crippen molar-refractivity contribution in [1.29, 1.82) is 0 Å². The summed E-state index contributed by atoms with van der Waals surface area (Å²) in [6, 6.07) is 4.59. The summed E-state index contributed by atoms with van der Waals surface area (Å²) < 4.78 is 32.3. The molecule has 2 N–H and O–H groups in total. The number of ether oxygens (including phenoxy) is 1. The van der Waals surface area contributed by atoms with Gasteiger partial charge >= 0.3 is 0 Å². The number of benzene rings is 1. The molecule has 0 saturated heterocycles. The normalized spacial score (nSPS) is 13.6. The average molecular weight is 459 g/mol. The second kappa shape index (κ2) is 8.74. The molecule has 0 bridgehead atoms. The number of anilines is 1. The van der Waals surface area contributed by atoms with Gasteiger partial charge in [-0.2, -0.15) is 5.10 Å². The fourth-order valence-corrected chi connectivity index (χ4v) is 3.54. The van der Waals surface area contributed by atoms with Crippen LogP contribution in [-0.2, 0) is 6.54 Å². The number of hydrogen-bond acceptors (Lipinski definition) is 6. The number of aromatic nitrogens is 3. The van der Waals surface area contributed by atoms with Crippen LogP contribution in [0, 0.1) is 0 Å². The smallest absolute Gasteiger partial charge is 0.272 e. The van der Waals surface area contributed by atoms with Gasteiger partial charge in [0.2, 0.25) is 0 Å². The van der Waals surface area contributed by atoms with Crippen molar-refractivity contribution in [2.24, 2.45) is 0 Å². The number of aliphatic hydroxyl groups is 1. The van der Waals surface area contributed by atoms with Crippen LogP contribution in [0.5, 0.6) is 5.75 Å². The van der Waals surface area contributed by atoms with E-state index in [0.717, 1.165) is 0 Å². The Hall–Kier alpha value is -3.60. The van der Waals surface area contributed by atoms with Gasteiger partial charge in [0.15, 0.2) is 5.65 Å². The molecule has 9 nitrogen and oxygen atoms in total. The van der Waals surface area contributed by atoms with Gasteiger partial charge in [-0.05, 0) is 44.0 Å². The van der Waals surface area contributed by atoms with Crippen molar-refractivity contribution in [2.45, 2.75) is 38.8 Å². The zero-order valence-electron chi connectivity index (χ0n) is 18.1. The Morgan fingerprint density at radius 3 is 2.88 bits per heavy atom. The predicted molar refractivity (Wildman–Crippen MR) is 115 cm³/mol. The van der Waals surface area contributed by atoms with E-state index in [9.17, 15) is 23.5 Å². The Morgan fingerprint density at radius 2 is 2.15 bits per heavy atom. The number of rotatable bonds is 8. The number of fused-ring (bicyclic) bond motifs is 2. The first-order chi connectivity index (χ1) is 15.6. The summed E-state index contributed by atoms with van der Waals surface area (Å²) in [6.45, 7) is 3.00. The van der Waals surface area contributed by atoms with Crippen molar-refractivity contribution in [3.63, 3.8) is 0 Å². The zero-order valence-corrected chi connectivity index (χ0v) is 18.1. The lowest BCUT2D eigenvalue weighted by Gasteiger charge is -2.22. The van der Waals surface area contributed by atoms with Crippen LogP contribution in [-0.4, -0.2) is 61.6 Å². The number of alkyl halides is 2. The maximum atomic E-state index is 12.9. The molecular formula is C22H23F2N5O4. The van der Waals surface area contributed by atoms with Crippen molar-refractivity contribution in [1.82, 2.24) is 19.5 Å². The van der Waals surface area contributed by atoms with E-state index in [4.69, 9.17) is 4.74 Å². The molecule has 3 heterocycles. The van der Waals surface area contributed by atoms with Crippen molar-refractivity contribution in [2.75, 3.05) is 18.5 Å². The minimum Gasteiger partial charge on any atom is -0.485 e. The molecule has 2 amide bonds. The van der Waals surface area contributed by atoms with E-state index in [-0.39, 0.29) is 29.5 Å². The summed E-state index contributed by atoms with van der Waals surface area (Å²) >= 11 is 0. The Labute approximate surface area is 188 Å². The molecule has 0 fully saturated rings. The number of halogens is 2. The van der Waals surface area contributed by atoms with Crippen LogP contribution in [0.4, 0.5) is 14.5 Å². The molecule has 0 unspecified atom stereocenters. The summed E-state index contributed by atoms with van der Waals surface area (Å²) in [5, 5.41) is 16.7. The number of carbonyl (C=O) groups excluding carboxylic acids is 2. The van der Waals surface area contributed by atoms with Crippen LogP contribution in [0.2, 0.25) is 0 Å². The van der Waals surface area contributed by atoms with E-state index >= 15 is 0 Å². The SMILES string of the molecule is CC(C)(O)CCN1Cc2cc(NC(=O)c3cnn4cccnc34)c(OCC(F)F)cc2C1=O. The van der Waals surface area contributed by atoms with Crippen LogP contribution in [0.1, 0.15) is 46.5 Å². The third-order valence-electron chi connectivity index (χ3n) is 5.21. The van der Waals surface area contributed by atoms with Gasteiger partial charge in [-0.1, -0.05) is 0 Å². The van der Waals surface area contributed by atoms with E-state index < -0.39 is 24.5 Å². The number of carbonyl (C=O) groups is 2. The molecule has 1 aliphatic rings. The van der Waals surface area contributed by atoms with Crippen LogP contribution >= 0.6 is 0 Å². The van der Waals surface area contributed by atoms with Gasteiger partial charge in [-0.15, -0.1) is 0 Å². The molecule has 1 aliphatic heterocycles. The number of hydrogen-bond donors (Lipinski definition) is 2. The monoisotopic (exact) mass is 459 g/mol. The summed E-state index contributed by atoms with van der Waals surface area (Å²) in [7, 11) is 0. The summed E-state index contributed by atoms with van der Waals surface area (Å²) in [4.78, 5) is 31.4. The van der Waals surface area contributed by atoms with E-state index in [1.807, 2.05) is 0 Å². The minimum absolute atomic E-state index is 0.0375. The van der Waals surface area contributed by atoms with E-state index in [0.29, 0.717) is 29.7 Å². The maximum Gasteiger partial charge on any atom is 0.272 e. The summed E-state index contributed by atoms with van der Waals surface area (Å²) in [6.07, 6.45) is 2.15. The molecule has 0 radical (unpaired) electrons. The largest absolute Gasteiger partial charge is 0.485 e. The number of nitrogens with one attached hydrogen (secondary N) is 1. The summed E-state index contributed by atoms with van der Waals surface area (Å²) in [5.74, 6) is -0.876. The molecule has 11 heteroatoms. The molecule has 0 aliphatic carbocycles. The van der Waals surface area contributed by atoms with Crippen molar-refractivity contribution < 1.29 is 28.2 Å². The number of amides is 2. The van der Waals surface area contributed by atoms with Crippen LogP contribution in [0.25, 0.3) is 5.65 Å². The summed E-state index contributed by atoms with van der Waals surface area (Å²) in [5.41, 5.74) is 0.672. The highest BCUT2D eigenvalue weighted by atomic mass is 19.3. The Balaban J connectivity index is 1.62. The molecule has 0 saturated carbocycles. The fourth-order valence-electron chi connectivity index (χ4n) is 3.54. The van der Waals surface area contributed by atoms with E-state index in [1.54, 1.807) is 37.1 Å². The Morgan fingerprint density at radius 1 is 1.36 bits per heavy atom. The van der Waals surface area contributed by atoms with Gasteiger partial charge in [0.05, 0.1) is 17.5 Å². The van der Waals surface area contributed by atoms with Crippen molar-refractivity contribution >= 4 is 23.1 Å². The first-order valence-electron chi connectivity index (χ1n) is 10.3. The molecule has 2 aromatic heterocycles. The highest BCUT2D eigenvalue weighted by Gasteiger charge is 2.31. The second-order valence-electron chi connectivity index (χ2n) is 8.40. The van der Waals surface area contributed by atoms with Gasteiger partial charge in [0.25, 0.3) is 18.2 Å². The molecule has 4 rings (SSSR count). The molecule has 0 spiro atoms. The minimum atomic E-state index is -2.73. The molecule has 1 aromatic carbocycles. The quantitative estimate of drug-likeness (QED) is 0.536. The highest BCUT2D eigenvalue weighted by molar-refractivity contribution is 6.09. The Bertz CT molecular complexity index is 1210. The van der Waals surface area contributed by atoms with Crippen LogP contribution < -0.4 is 10.1 Å². The molecule has 33 heavy (non-hydrogen) atoms. The zero-order chi connectivity index (χ0) is 23.8. The van der Waals surface area contributed by atoms with Crippen molar-refractivity contribution in [3.8, 4) is 5.75 Å². The highest BCUT2D eigenvalue weighted by Crippen LogP contribution is 2.35. The third-order valence-corrected chi connectivity index (χ3v) is 5.21. The van der Waals surface area contributed by atoms with Crippen LogP contribution in [0.3, 0.4) is 0 Å².